The summed E-state index contributed by atoms with van der Waals surface area (Å²) in [6.45, 7) is 2.72. The summed E-state index contributed by atoms with van der Waals surface area (Å²) in [6.07, 6.45) is 4.12. The van der Waals surface area contributed by atoms with Gasteiger partial charge in [-0.25, -0.2) is 0 Å². The van der Waals surface area contributed by atoms with Crippen LogP contribution < -0.4 is 0 Å². The molecule has 1 unspecified atom stereocenters. The third-order valence-electron chi connectivity index (χ3n) is 1.71. The van der Waals surface area contributed by atoms with Gasteiger partial charge >= 0.3 is 5.97 Å². The molecule has 3 nitrogen and oxygen atoms in total. The summed E-state index contributed by atoms with van der Waals surface area (Å²) in [4.78, 5) is 10.3. The second-order valence-corrected chi connectivity index (χ2v) is 3.08. The molecule has 0 bridgehead atoms. The molecule has 0 aliphatic rings. The van der Waals surface area contributed by atoms with Gasteiger partial charge in [0, 0.05) is 25.4 Å². The summed E-state index contributed by atoms with van der Waals surface area (Å²) >= 11 is 0. The largest absolute Gasteiger partial charge is 0.481 e. The molecule has 1 aromatic rings. The second-order valence-electron chi connectivity index (χ2n) is 3.08. The first-order valence-corrected chi connectivity index (χ1v) is 4.01. The first kappa shape index (κ1) is 8.84. The third kappa shape index (κ3) is 2.78. The monoisotopic (exact) mass is 167 g/mol. The van der Waals surface area contributed by atoms with E-state index in [9.17, 15) is 4.79 Å². The molecule has 0 amide bonds. The van der Waals surface area contributed by atoms with E-state index in [2.05, 4.69) is 0 Å². The van der Waals surface area contributed by atoms with Crippen LogP contribution in [-0.2, 0) is 11.3 Å². The maximum atomic E-state index is 10.3. The van der Waals surface area contributed by atoms with Crippen LogP contribution in [0, 0.1) is 5.92 Å². The van der Waals surface area contributed by atoms with Crippen LogP contribution in [0.2, 0.25) is 0 Å². The van der Waals surface area contributed by atoms with Gasteiger partial charge < -0.3 is 9.67 Å². The predicted octanol–water partition coefficient (Wildman–Crippen LogP) is 1.60. The zero-order valence-corrected chi connectivity index (χ0v) is 7.10. The summed E-state index contributed by atoms with van der Waals surface area (Å²) in [5.74, 6) is -0.537. The molecule has 66 valence electrons. The van der Waals surface area contributed by atoms with Gasteiger partial charge in [0.25, 0.3) is 0 Å². The molecule has 0 radical (unpaired) electrons. The Bertz CT molecular complexity index is 241. The molecule has 1 aromatic heterocycles. The normalized spacial score (nSPS) is 12.8. The smallest absolute Gasteiger partial charge is 0.303 e. The molecule has 0 aliphatic heterocycles. The van der Waals surface area contributed by atoms with E-state index in [-0.39, 0.29) is 12.3 Å². The quantitative estimate of drug-likeness (QED) is 0.740. The molecular formula is C9H13NO2. The lowest BCUT2D eigenvalue weighted by Crippen LogP contribution is -2.10. The highest BCUT2D eigenvalue weighted by atomic mass is 16.4. The van der Waals surface area contributed by atoms with E-state index in [1.165, 1.54) is 0 Å². The SMILES string of the molecule is CC(CC(=O)O)Cn1cccc1. The first-order valence-electron chi connectivity index (χ1n) is 4.01. The van der Waals surface area contributed by atoms with Crippen molar-refractivity contribution in [3.63, 3.8) is 0 Å². The Kier molecular flexibility index (Phi) is 2.91. The van der Waals surface area contributed by atoms with Crippen LogP contribution >= 0.6 is 0 Å². The van der Waals surface area contributed by atoms with Crippen molar-refractivity contribution in [2.75, 3.05) is 0 Å². The minimum absolute atomic E-state index is 0.190. The molecule has 0 aromatic carbocycles. The van der Waals surface area contributed by atoms with Gasteiger partial charge in [-0.3, -0.25) is 4.79 Å². The zero-order valence-electron chi connectivity index (χ0n) is 7.10. The van der Waals surface area contributed by atoms with Crippen molar-refractivity contribution in [3.8, 4) is 0 Å². The van der Waals surface area contributed by atoms with Crippen LogP contribution in [0.4, 0.5) is 0 Å². The second kappa shape index (κ2) is 3.95. The Morgan fingerprint density at radius 2 is 2.08 bits per heavy atom. The van der Waals surface area contributed by atoms with Crippen molar-refractivity contribution < 1.29 is 9.90 Å². The van der Waals surface area contributed by atoms with Crippen molar-refractivity contribution in [2.24, 2.45) is 5.92 Å². The minimum atomic E-state index is -0.727. The molecule has 1 N–H and O–H groups in total. The standard InChI is InChI=1S/C9H13NO2/c1-8(6-9(11)12)7-10-4-2-3-5-10/h2-5,8H,6-7H2,1H3,(H,11,12). The fraction of sp³-hybridized carbons (Fsp3) is 0.444. The first-order chi connectivity index (χ1) is 5.68. The highest BCUT2D eigenvalue weighted by Crippen LogP contribution is 2.05. The van der Waals surface area contributed by atoms with Gasteiger partial charge in [-0.15, -0.1) is 0 Å². The molecule has 0 saturated heterocycles. The Balaban J connectivity index is 2.36. The van der Waals surface area contributed by atoms with Crippen molar-refractivity contribution in [1.29, 1.82) is 0 Å². The van der Waals surface area contributed by atoms with Crippen molar-refractivity contribution in [2.45, 2.75) is 19.9 Å². The summed E-state index contributed by atoms with van der Waals surface area (Å²) < 4.78 is 1.99. The van der Waals surface area contributed by atoms with Crippen LogP contribution in [0.5, 0.6) is 0 Å². The average Bonchev–Trinajstić information content (AvgIpc) is 2.37. The number of rotatable bonds is 4. The van der Waals surface area contributed by atoms with E-state index in [4.69, 9.17) is 5.11 Å². The number of carboxylic acid groups (broad SMARTS) is 1. The highest BCUT2D eigenvalue weighted by Gasteiger charge is 2.06. The van der Waals surface area contributed by atoms with Gasteiger partial charge in [-0.1, -0.05) is 6.92 Å². The van der Waals surface area contributed by atoms with Crippen LogP contribution in [0.3, 0.4) is 0 Å². The number of aromatic nitrogens is 1. The number of carbonyl (C=O) groups is 1. The molecule has 0 fully saturated rings. The lowest BCUT2D eigenvalue weighted by atomic mass is 10.1. The summed E-state index contributed by atoms with van der Waals surface area (Å²) in [7, 11) is 0. The molecule has 1 rings (SSSR count). The molecule has 12 heavy (non-hydrogen) atoms. The Morgan fingerprint density at radius 1 is 1.50 bits per heavy atom. The molecule has 1 atom stereocenters. The summed E-state index contributed by atoms with van der Waals surface area (Å²) in [5, 5.41) is 8.50. The Hall–Kier alpha value is -1.25. The van der Waals surface area contributed by atoms with Crippen LogP contribution in [0.15, 0.2) is 24.5 Å². The average molecular weight is 167 g/mol. The van der Waals surface area contributed by atoms with E-state index in [0.29, 0.717) is 0 Å². The van der Waals surface area contributed by atoms with Crippen molar-refractivity contribution in [1.82, 2.24) is 4.57 Å². The molecule has 1 heterocycles. The number of hydrogen-bond donors (Lipinski definition) is 1. The Morgan fingerprint density at radius 3 is 2.58 bits per heavy atom. The number of hydrogen-bond acceptors (Lipinski definition) is 1. The lowest BCUT2D eigenvalue weighted by molar-refractivity contribution is -0.138. The summed E-state index contributed by atoms with van der Waals surface area (Å²) in [6, 6.07) is 3.88. The predicted molar refractivity (Wildman–Crippen MR) is 45.8 cm³/mol. The van der Waals surface area contributed by atoms with Gasteiger partial charge in [0.15, 0.2) is 0 Å². The number of aliphatic carboxylic acids is 1. The maximum absolute atomic E-state index is 10.3. The topological polar surface area (TPSA) is 42.2 Å². The van der Waals surface area contributed by atoms with E-state index in [1.54, 1.807) is 0 Å². The van der Waals surface area contributed by atoms with Gasteiger partial charge in [-0.05, 0) is 18.1 Å². The van der Waals surface area contributed by atoms with Crippen molar-refractivity contribution in [3.05, 3.63) is 24.5 Å². The van der Waals surface area contributed by atoms with E-state index in [0.717, 1.165) is 6.54 Å². The molecule has 0 saturated carbocycles. The maximum Gasteiger partial charge on any atom is 0.303 e. The van der Waals surface area contributed by atoms with Crippen LogP contribution in [0.1, 0.15) is 13.3 Å². The number of nitrogens with zero attached hydrogens (tertiary/aromatic N) is 1. The van der Waals surface area contributed by atoms with Gasteiger partial charge in [0.05, 0.1) is 0 Å². The Labute approximate surface area is 71.6 Å². The van der Waals surface area contributed by atoms with Gasteiger partial charge in [0.2, 0.25) is 0 Å². The van der Waals surface area contributed by atoms with E-state index >= 15 is 0 Å². The minimum Gasteiger partial charge on any atom is -0.481 e. The lowest BCUT2D eigenvalue weighted by Gasteiger charge is -2.08. The summed E-state index contributed by atoms with van der Waals surface area (Å²) in [5.41, 5.74) is 0. The van der Waals surface area contributed by atoms with Crippen LogP contribution in [0.25, 0.3) is 0 Å². The van der Waals surface area contributed by atoms with E-state index in [1.807, 2.05) is 36.0 Å². The highest BCUT2D eigenvalue weighted by molar-refractivity contribution is 5.66. The van der Waals surface area contributed by atoms with Gasteiger partial charge in [-0.2, -0.15) is 0 Å². The zero-order chi connectivity index (χ0) is 8.97. The van der Waals surface area contributed by atoms with E-state index < -0.39 is 5.97 Å². The van der Waals surface area contributed by atoms with Crippen LogP contribution in [-0.4, -0.2) is 15.6 Å². The van der Waals surface area contributed by atoms with Gasteiger partial charge in [0.1, 0.15) is 0 Å². The molecule has 3 heteroatoms. The third-order valence-corrected chi connectivity index (χ3v) is 1.71. The van der Waals surface area contributed by atoms with Crippen molar-refractivity contribution >= 4 is 5.97 Å². The number of carboxylic acids is 1. The molecular weight excluding hydrogens is 154 g/mol. The molecule has 0 aliphatic carbocycles. The molecule has 0 spiro atoms. The fourth-order valence-electron chi connectivity index (χ4n) is 1.21. The fourth-order valence-corrected chi connectivity index (χ4v) is 1.21.